The second-order valence-electron chi connectivity index (χ2n) is 6.89. The van der Waals surface area contributed by atoms with Crippen LogP contribution in [0.25, 0.3) is 0 Å². The number of hydrogen-bond acceptors (Lipinski definition) is 3. The highest BCUT2D eigenvalue weighted by molar-refractivity contribution is 14.0. The maximum atomic E-state index is 6.53. The molecule has 1 aliphatic heterocycles. The van der Waals surface area contributed by atoms with Gasteiger partial charge in [-0.25, -0.2) is 0 Å². The third-order valence-corrected chi connectivity index (χ3v) is 5.45. The minimum Gasteiger partial charge on any atom is -0.492 e. The summed E-state index contributed by atoms with van der Waals surface area (Å²) in [5.74, 6) is 1.63. The van der Waals surface area contributed by atoms with E-state index in [9.17, 15) is 0 Å². The molecule has 0 spiro atoms. The zero-order valence-electron chi connectivity index (χ0n) is 16.7. The van der Waals surface area contributed by atoms with E-state index in [4.69, 9.17) is 21.1 Å². The maximum absolute atomic E-state index is 6.53. The van der Waals surface area contributed by atoms with Crippen molar-refractivity contribution in [3.8, 4) is 5.75 Å². The lowest BCUT2D eigenvalue weighted by Crippen LogP contribution is -2.48. The molecule has 0 atom stereocenters. The standard InChI is InChI=1S/C22H28ClN3O2.HI/c1-24-21(25-13-16-28-18-7-3-2-4-8-18)26-17-22(11-14-27-15-12-22)19-9-5-6-10-20(19)23;/h2-10H,11-17H2,1H3,(H2,24,25,26);1H. The molecule has 0 aromatic heterocycles. The van der Waals surface area contributed by atoms with Gasteiger partial charge in [0.1, 0.15) is 12.4 Å². The Bertz CT molecular complexity index is 768. The van der Waals surface area contributed by atoms with Gasteiger partial charge in [-0.15, -0.1) is 24.0 Å². The van der Waals surface area contributed by atoms with Crippen LogP contribution >= 0.6 is 35.6 Å². The molecule has 1 saturated heterocycles. The monoisotopic (exact) mass is 529 g/mol. The van der Waals surface area contributed by atoms with Crippen LogP contribution in [-0.4, -0.2) is 45.9 Å². The average molecular weight is 530 g/mol. The molecule has 0 saturated carbocycles. The molecule has 1 aliphatic rings. The average Bonchev–Trinajstić information content (AvgIpc) is 2.75. The topological polar surface area (TPSA) is 54.9 Å². The Morgan fingerprint density at radius 3 is 2.45 bits per heavy atom. The first-order valence-corrected chi connectivity index (χ1v) is 10.1. The summed E-state index contributed by atoms with van der Waals surface area (Å²) >= 11 is 6.53. The van der Waals surface area contributed by atoms with E-state index in [0.29, 0.717) is 13.2 Å². The first-order valence-electron chi connectivity index (χ1n) is 9.69. The molecule has 2 aromatic carbocycles. The summed E-state index contributed by atoms with van der Waals surface area (Å²) in [5, 5.41) is 7.60. The van der Waals surface area contributed by atoms with Gasteiger partial charge in [-0.1, -0.05) is 48.0 Å². The van der Waals surface area contributed by atoms with Crippen molar-refractivity contribution in [1.82, 2.24) is 10.6 Å². The van der Waals surface area contributed by atoms with Gasteiger partial charge < -0.3 is 20.1 Å². The number of nitrogens with zero attached hydrogens (tertiary/aromatic N) is 1. The van der Waals surface area contributed by atoms with Crippen molar-refractivity contribution in [2.45, 2.75) is 18.3 Å². The van der Waals surface area contributed by atoms with Crippen LogP contribution in [0.3, 0.4) is 0 Å². The van der Waals surface area contributed by atoms with E-state index in [1.807, 2.05) is 48.5 Å². The van der Waals surface area contributed by atoms with E-state index in [1.54, 1.807) is 7.05 Å². The minimum atomic E-state index is -0.0608. The van der Waals surface area contributed by atoms with Crippen molar-refractivity contribution in [3.63, 3.8) is 0 Å². The van der Waals surface area contributed by atoms with Crippen LogP contribution in [0.15, 0.2) is 59.6 Å². The molecule has 1 heterocycles. The molecular formula is C22H29ClIN3O2. The second kappa shape index (κ2) is 12.2. The summed E-state index contributed by atoms with van der Waals surface area (Å²) in [6.07, 6.45) is 1.86. The van der Waals surface area contributed by atoms with Gasteiger partial charge in [0.05, 0.1) is 6.54 Å². The van der Waals surface area contributed by atoms with Crippen molar-refractivity contribution in [2.75, 3.05) is 40.0 Å². The number of hydrogen-bond donors (Lipinski definition) is 2. The Morgan fingerprint density at radius 1 is 1.07 bits per heavy atom. The maximum Gasteiger partial charge on any atom is 0.191 e. The van der Waals surface area contributed by atoms with Crippen LogP contribution in [0.2, 0.25) is 5.02 Å². The molecule has 0 amide bonds. The van der Waals surface area contributed by atoms with Gasteiger partial charge >= 0.3 is 0 Å². The Labute approximate surface area is 195 Å². The highest BCUT2D eigenvalue weighted by atomic mass is 127. The van der Waals surface area contributed by atoms with Gasteiger partial charge in [0.25, 0.3) is 0 Å². The second-order valence-corrected chi connectivity index (χ2v) is 7.29. The fraction of sp³-hybridized carbons (Fsp3) is 0.409. The molecule has 2 aromatic rings. The van der Waals surface area contributed by atoms with Crippen LogP contribution in [0, 0.1) is 0 Å². The van der Waals surface area contributed by atoms with E-state index in [0.717, 1.165) is 49.3 Å². The zero-order chi connectivity index (χ0) is 19.7. The Balaban J connectivity index is 0.00000300. The normalized spacial score (nSPS) is 15.9. The van der Waals surface area contributed by atoms with Gasteiger partial charge in [0.15, 0.2) is 5.96 Å². The fourth-order valence-corrected chi connectivity index (χ4v) is 3.86. The van der Waals surface area contributed by atoms with Crippen molar-refractivity contribution in [1.29, 1.82) is 0 Å². The largest absolute Gasteiger partial charge is 0.492 e. The molecule has 0 bridgehead atoms. The lowest BCUT2D eigenvalue weighted by molar-refractivity contribution is 0.0514. The first-order chi connectivity index (χ1) is 13.7. The zero-order valence-corrected chi connectivity index (χ0v) is 19.8. The van der Waals surface area contributed by atoms with Crippen molar-refractivity contribution in [2.24, 2.45) is 4.99 Å². The smallest absolute Gasteiger partial charge is 0.191 e. The van der Waals surface area contributed by atoms with Crippen molar-refractivity contribution >= 4 is 41.5 Å². The van der Waals surface area contributed by atoms with E-state index in [-0.39, 0.29) is 29.4 Å². The highest BCUT2D eigenvalue weighted by Crippen LogP contribution is 2.38. The summed E-state index contributed by atoms with van der Waals surface area (Å²) in [5.41, 5.74) is 1.12. The molecule has 0 unspecified atom stereocenters. The van der Waals surface area contributed by atoms with Gasteiger partial charge in [0.2, 0.25) is 0 Å². The third kappa shape index (κ3) is 6.76. The molecule has 158 valence electrons. The van der Waals surface area contributed by atoms with Crippen LogP contribution in [0.5, 0.6) is 5.75 Å². The molecule has 0 aliphatic carbocycles. The van der Waals surface area contributed by atoms with E-state index in [1.165, 1.54) is 5.56 Å². The molecule has 2 N–H and O–H groups in total. The Kier molecular flexibility index (Phi) is 10.0. The molecule has 7 heteroatoms. The van der Waals surface area contributed by atoms with Gasteiger partial charge in [0, 0.05) is 37.2 Å². The highest BCUT2D eigenvalue weighted by Gasteiger charge is 2.36. The predicted octanol–water partition coefficient (Wildman–Crippen LogP) is 4.25. The van der Waals surface area contributed by atoms with Gasteiger partial charge in [-0.05, 0) is 36.6 Å². The lowest BCUT2D eigenvalue weighted by atomic mass is 9.74. The number of aliphatic imine (C=N–C) groups is 1. The summed E-state index contributed by atoms with van der Waals surface area (Å²) in [6.45, 7) is 3.46. The number of nitrogens with one attached hydrogen (secondary N) is 2. The Morgan fingerprint density at radius 2 is 1.76 bits per heavy atom. The number of para-hydroxylation sites is 1. The van der Waals surface area contributed by atoms with Gasteiger partial charge in [-0.3, -0.25) is 4.99 Å². The summed E-state index contributed by atoms with van der Waals surface area (Å²) < 4.78 is 11.3. The number of halogens is 2. The van der Waals surface area contributed by atoms with Crippen LogP contribution in [-0.2, 0) is 10.2 Å². The molecule has 5 nitrogen and oxygen atoms in total. The molecule has 1 fully saturated rings. The van der Waals surface area contributed by atoms with Crippen LogP contribution < -0.4 is 15.4 Å². The molecular weight excluding hydrogens is 501 g/mol. The SMILES string of the molecule is CN=C(NCCOc1ccccc1)NCC1(c2ccccc2Cl)CCOCC1.I. The molecule has 0 radical (unpaired) electrons. The third-order valence-electron chi connectivity index (χ3n) is 5.12. The van der Waals surface area contributed by atoms with Crippen LogP contribution in [0.4, 0.5) is 0 Å². The summed E-state index contributed by atoms with van der Waals surface area (Å²) in [6, 6.07) is 17.9. The minimum absolute atomic E-state index is 0. The van der Waals surface area contributed by atoms with Crippen LogP contribution in [0.1, 0.15) is 18.4 Å². The van der Waals surface area contributed by atoms with E-state index >= 15 is 0 Å². The Hall–Kier alpha value is -1.51. The van der Waals surface area contributed by atoms with E-state index < -0.39 is 0 Å². The quantitative estimate of drug-likeness (QED) is 0.244. The predicted molar refractivity (Wildman–Crippen MR) is 130 cm³/mol. The first kappa shape index (κ1) is 23.8. The van der Waals surface area contributed by atoms with E-state index in [2.05, 4.69) is 21.7 Å². The van der Waals surface area contributed by atoms with Crippen molar-refractivity contribution < 1.29 is 9.47 Å². The number of guanidine groups is 1. The van der Waals surface area contributed by atoms with Crippen molar-refractivity contribution in [3.05, 3.63) is 65.2 Å². The lowest BCUT2D eigenvalue weighted by Gasteiger charge is -2.38. The molecule has 29 heavy (non-hydrogen) atoms. The van der Waals surface area contributed by atoms with Gasteiger partial charge in [-0.2, -0.15) is 0 Å². The summed E-state index contributed by atoms with van der Waals surface area (Å²) in [4.78, 5) is 4.34. The number of rotatable bonds is 7. The summed E-state index contributed by atoms with van der Waals surface area (Å²) in [7, 11) is 1.78. The number of ether oxygens (including phenoxy) is 2. The number of benzene rings is 2. The molecule has 3 rings (SSSR count). The fourth-order valence-electron chi connectivity index (χ4n) is 3.52.